The standard InChI is InChI=1S/C26H22FN3O5S/c1-35-21-12-2-16(3-13-21)15-30-23(31)14-22(36-26(30)29-20-10-6-18(27)7-11-20)24(32)28-19-8-4-17(5-9-19)25(33)34/h2-13,22H,14-15H2,1H3,(H,28,32)(H,33,34). The van der Waals surface area contributed by atoms with Crippen LogP contribution in [0.2, 0.25) is 0 Å². The summed E-state index contributed by atoms with van der Waals surface area (Å²) in [6, 6.07) is 18.5. The third-order valence-electron chi connectivity index (χ3n) is 5.38. The lowest BCUT2D eigenvalue weighted by Crippen LogP contribution is -2.44. The number of amides is 2. The van der Waals surface area contributed by atoms with Gasteiger partial charge in [-0.1, -0.05) is 23.9 Å². The highest BCUT2D eigenvalue weighted by molar-refractivity contribution is 8.15. The Morgan fingerprint density at radius 1 is 1.08 bits per heavy atom. The predicted octanol–water partition coefficient (Wildman–Crippen LogP) is 4.69. The fourth-order valence-electron chi connectivity index (χ4n) is 3.46. The highest BCUT2D eigenvalue weighted by atomic mass is 32.2. The van der Waals surface area contributed by atoms with Gasteiger partial charge in [0.05, 0.1) is 24.9 Å². The number of halogens is 1. The first-order valence-corrected chi connectivity index (χ1v) is 11.8. The van der Waals surface area contributed by atoms with Crippen LogP contribution in [-0.2, 0) is 16.1 Å². The van der Waals surface area contributed by atoms with Gasteiger partial charge in [0.25, 0.3) is 0 Å². The summed E-state index contributed by atoms with van der Waals surface area (Å²) in [5, 5.41) is 11.3. The second-order valence-electron chi connectivity index (χ2n) is 7.88. The zero-order chi connectivity index (χ0) is 25.7. The van der Waals surface area contributed by atoms with Crippen molar-refractivity contribution in [2.75, 3.05) is 12.4 Å². The van der Waals surface area contributed by atoms with Crippen LogP contribution in [0.3, 0.4) is 0 Å². The summed E-state index contributed by atoms with van der Waals surface area (Å²) in [6.45, 7) is 0.237. The fourth-order valence-corrected chi connectivity index (χ4v) is 4.55. The third-order valence-corrected chi connectivity index (χ3v) is 6.57. The van der Waals surface area contributed by atoms with Crippen LogP contribution in [0.15, 0.2) is 77.8 Å². The minimum Gasteiger partial charge on any atom is -0.497 e. The van der Waals surface area contributed by atoms with E-state index in [-0.39, 0.29) is 24.4 Å². The molecular weight excluding hydrogens is 485 g/mol. The maximum Gasteiger partial charge on any atom is 0.335 e. The van der Waals surface area contributed by atoms with Crippen molar-refractivity contribution in [3.63, 3.8) is 0 Å². The topological polar surface area (TPSA) is 108 Å². The fraction of sp³-hybridized carbons (Fsp3) is 0.154. The maximum atomic E-state index is 13.4. The molecule has 1 aliphatic heterocycles. The Morgan fingerprint density at radius 3 is 2.36 bits per heavy atom. The molecule has 1 fully saturated rings. The number of aliphatic imine (C=N–C) groups is 1. The summed E-state index contributed by atoms with van der Waals surface area (Å²) in [5.74, 6) is -1.49. The van der Waals surface area contributed by atoms with Gasteiger partial charge in [0.2, 0.25) is 11.8 Å². The molecule has 184 valence electrons. The van der Waals surface area contributed by atoms with E-state index in [0.717, 1.165) is 17.3 Å². The molecule has 8 nitrogen and oxygen atoms in total. The number of thioether (sulfide) groups is 1. The van der Waals surface area contributed by atoms with Crippen molar-refractivity contribution in [2.24, 2.45) is 4.99 Å². The largest absolute Gasteiger partial charge is 0.497 e. The molecule has 0 saturated carbocycles. The first kappa shape index (κ1) is 24.9. The smallest absolute Gasteiger partial charge is 0.335 e. The van der Waals surface area contributed by atoms with Gasteiger partial charge in [-0.15, -0.1) is 0 Å². The van der Waals surface area contributed by atoms with Gasteiger partial charge in [-0.25, -0.2) is 14.2 Å². The minimum absolute atomic E-state index is 0.0533. The Labute approximate surface area is 210 Å². The van der Waals surface area contributed by atoms with Gasteiger partial charge in [0.15, 0.2) is 5.17 Å². The number of carbonyl (C=O) groups excluding carboxylic acids is 2. The number of amidine groups is 1. The van der Waals surface area contributed by atoms with Crippen LogP contribution in [0, 0.1) is 5.82 Å². The van der Waals surface area contributed by atoms with Crippen molar-refractivity contribution in [1.29, 1.82) is 0 Å². The number of carboxylic acid groups (broad SMARTS) is 1. The molecule has 2 amide bonds. The van der Waals surface area contributed by atoms with E-state index in [1.807, 2.05) is 12.1 Å². The summed E-state index contributed by atoms with van der Waals surface area (Å²) in [4.78, 5) is 43.2. The van der Waals surface area contributed by atoms with E-state index in [4.69, 9.17) is 9.84 Å². The SMILES string of the molecule is COc1ccc(CN2C(=O)CC(C(=O)Nc3ccc(C(=O)O)cc3)SC2=Nc2ccc(F)cc2)cc1. The van der Waals surface area contributed by atoms with Crippen molar-refractivity contribution in [3.05, 3.63) is 89.7 Å². The van der Waals surface area contributed by atoms with E-state index >= 15 is 0 Å². The van der Waals surface area contributed by atoms with E-state index in [1.165, 1.54) is 53.4 Å². The molecule has 0 spiro atoms. The van der Waals surface area contributed by atoms with Crippen LogP contribution in [0.1, 0.15) is 22.3 Å². The lowest BCUT2D eigenvalue weighted by molar-refractivity contribution is -0.129. The number of carboxylic acids is 1. The number of aromatic carboxylic acids is 1. The molecule has 1 unspecified atom stereocenters. The van der Waals surface area contributed by atoms with E-state index in [2.05, 4.69) is 10.3 Å². The lowest BCUT2D eigenvalue weighted by Gasteiger charge is -2.32. The summed E-state index contributed by atoms with van der Waals surface area (Å²) < 4.78 is 18.6. The van der Waals surface area contributed by atoms with Crippen LogP contribution in [0.5, 0.6) is 5.75 Å². The molecule has 2 N–H and O–H groups in total. The van der Waals surface area contributed by atoms with Crippen molar-refractivity contribution in [1.82, 2.24) is 4.90 Å². The lowest BCUT2D eigenvalue weighted by atomic mass is 10.1. The number of methoxy groups -OCH3 is 1. The highest BCUT2D eigenvalue weighted by Crippen LogP contribution is 2.31. The molecule has 3 aromatic rings. The number of carbonyl (C=O) groups is 3. The van der Waals surface area contributed by atoms with Crippen LogP contribution in [-0.4, -0.2) is 45.3 Å². The van der Waals surface area contributed by atoms with E-state index in [9.17, 15) is 18.8 Å². The second-order valence-corrected chi connectivity index (χ2v) is 9.05. The van der Waals surface area contributed by atoms with E-state index in [0.29, 0.717) is 22.3 Å². The molecule has 0 aromatic heterocycles. The van der Waals surface area contributed by atoms with Gasteiger partial charge >= 0.3 is 5.97 Å². The van der Waals surface area contributed by atoms with Crippen LogP contribution in [0.4, 0.5) is 15.8 Å². The predicted molar refractivity (Wildman–Crippen MR) is 135 cm³/mol. The molecule has 0 radical (unpaired) electrons. The first-order valence-electron chi connectivity index (χ1n) is 10.9. The van der Waals surface area contributed by atoms with Gasteiger partial charge in [0.1, 0.15) is 16.8 Å². The normalized spacial score (nSPS) is 16.6. The summed E-state index contributed by atoms with van der Waals surface area (Å²) in [7, 11) is 1.57. The molecule has 1 aliphatic rings. The van der Waals surface area contributed by atoms with Gasteiger partial charge in [-0.05, 0) is 66.2 Å². The Kier molecular flexibility index (Phi) is 7.65. The number of hydrogen-bond acceptors (Lipinski definition) is 6. The van der Waals surface area contributed by atoms with Gasteiger partial charge in [0, 0.05) is 12.1 Å². The van der Waals surface area contributed by atoms with Crippen LogP contribution in [0.25, 0.3) is 0 Å². The molecule has 3 aromatic carbocycles. The maximum absolute atomic E-state index is 13.4. The molecule has 4 rings (SSSR count). The van der Waals surface area contributed by atoms with Gasteiger partial charge < -0.3 is 15.2 Å². The molecule has 36 heavy (non-hydrogen) atoms. The monoisotopic (exact) mass is 507 g/mol. The van der Waals surface area contributed by atoms with Gasteiger partial charge in [-0.2, -0.15) is 0 Å². The molecule has 0 aliphatic carbocycles. The summed E-state index contributed by atoms with van der Waals surface area (Å²) in [5.41, 5.74) is 1.79. The van der Waals surface area contributed by atoms with E-state index < -0.39 is 22.9 Å². The number of hydrogen-bond donors (Lipinski definition) is 2. The highest BCUT2D eigenvalue weighted by Gasteiger charge is 2.36. The number of benzene rings is 3. The summed E-state index contributed by atoms with van der Waals surface area (Å²) in [6.07, 6.45) is -0.0533. The van der Waals surface area contributed by atoms with Crippen molar-refractivity contribution in [3.8, 4) is 5.75 Å². The van der Waals surface area contributed by atoms with Crippen molar-refractivity contribution in [2.45, 2.75) is 18.2 Å². The Morgan fingerprint density at radius 2 is 1.75 bits per heavy atom. The van der Waals surface area contributed by atoms with E-state index in [1.54, 1.807) is 19.2 Å². The quantitative estimate of drug-likeness (QED) is 0.480. The molecule has 1 atom stereocenters. The molecule has 1 saturated heterocycles. The molecule has 0 bridgehead atoms. The minimum atomic E-state index is -1.07. The first-order chi connectivity index (χ1) is 17.3. The Hall–Kier alpha value is -4.18. The third kappa shape index (κ3) is 6.08. The van der Waals surface area contributed by atoms with Gasteiger partial charge in [-0.3, -0.25) is 14.5 Å². The average Bonchev–Trinajstić information content (AvgIpc) is 2.88. The zero-order valence-corrected chi connectivity index (χ0v) is 20.0. The zero-order valence-electron chi connectivity index (χ0n) is 19.2. The number of rotatable bonds is 7. The van der Waals surface area contributed by atoms with Crippen LogP contribution < -0.4 is 10.1 Å². The Balaban J connectivity index is 1.56. The van der Waals surface area contributed by atoms with Crippen LogP contribution >= 0.6 is 11.8 Å². The Bertz CT molecular complexity index is 1290. The van der Waals surface area contributed by atoms with Crippen molar-refractivity contribution >= 4 is 46.1 Å². The molecule has 1 heterocycles. The molecular formula is C26H22FN3O5S. The second kappa shape index (κ2) is 11.0. The molecule has 10 heteroatoms. The number of nitrogens with zero attached hydrogens (tertiary/aromatic N) is 2. The average molecular weight is 508 g/mol. The number of ether oxygens (including phenoxy) is 1. The summed E-state index contributed by atoms with van der Waals surface area (Å²) >= 11 is 1.14. The number of nitrogens with one attached hydrogen (secondary N) is 1. The van der Waals surface area contributed by atoms with Crippen molar-refractivity contribution < 1.29 is 28.6 Å². The number of anilines is 1.